The highest BCUT2D eigenvalue weighted by atomic mass is 32.1. The molecule has 0 saturated heterocycles. The first-order chi connectivity index (χ1) is 8.72. The Morgan fingerprint density at radius 2 is 2.06 bits per heavy atom. The zero-order valence-corrected chi connectivity index (χ0v) is 10.2. The minimum atomic E-state index is -0.990. The predicted octanol–water partition coefficient (Wildman–Crippen LogP) is 2.68. The highest BCUT2D eigenvalue weighted by molar-refractivity contribution is 7.17. The minimum Gasteiger partial charge on any atom is -0.476 e. The number of hydrogen-bond donors (Lipinski definition) is 1. The Hall–Kier alpha value is -2.14. The number of aromatic carboxylic acids is 1. The normalized spacial score (nSPS) is 10.9. The number of aromatic nitrogens is 2. The van der Waals surface area contributed by atoms with Crippen LogP contribution in [0.5, 0.6) is 0 Å². The van der Waals surface area contributed by atoms with Gasteiger partial charge in [0.1, 0.15) is 0 Å². The molecule has 0 fully saturated rings. The molecular formula is C13H10N2O2S. The van der Waals surface area contributed by atoms with Crippen molar-refractivity contribution in [3.8, 4) is 0 Å². The lowest BCUT2D eigenvalue weighted by molar-refractivity contribution is 0.0691. The Kier molecular flexibility index (Phi) is 2.60. The largest absolute Gasteiger partial charge is 0.476 e. The van der Waals surface area contributed by atoms with Crippen LogP contribution in [0, 0.1) is 0 Å². The SMILES string of the molecule is O=C(O)c1cn2cc(Cc3ccccc3)sc2n1. The van der Waals surface area contributed by atoms with Gasteiger partial charge in [0.2, 0.25) is 0 Å². The second-order valence-electron chi connectivity index (χ2n) is 3.98. The van der Waals surface area contributed by atoms with E-state index in [0.717, 1.165) is 11.4 Å². The lowest BCUT2D eigenvalue weighted by Crippen LogP contribution is -1.95. The lowest BCUT2D eigenvalue weighted by atomic mass is 10.1. The quantitative estimate of drug-likeness (QED) is 0.785. The van der Waals surface area contributed by atoms with E-state index in [1.54, 1.807) is 10.6 Å². The summed E-state index contributed by atoms with van der Waals surface area (Å²) >= 11 is 1.52. The van der Waals surface area contributed by atoms with Crippen LogP contribution in [0.15, 0.2) is 42.7 Å². The Bertz CT molecular complexity index is 669. The minimum absolute atomic E-state index is 0.0903. The fraction of sp³-hybridized carbons (Fsp3) is 0.0769. The van der Waals surface area contributed by atoms with Crippen molar-refractivity contribution in [3.05, 3.63) is 58.9 Å². The smallest absolute Gasteiger partial charge is 0.356 e. The summed E-state index contributed by atoms with van der Waals surface area (Å²) in [7, 11) is 0. The van der Waals surface area contributed by atoms with E-state index in [9.17, 15) is 4.79 Å². The lowest BCUT2D eigenvalue weighted by Gasteiger charge is -1.96. The maximum absolute atomic E-state index is 10.8. The van der Waals surface area contributed by atoms with E-state index in [1.165, 1.54) is 21.8 Å². The van der Waals surface area contributed by atoms with E-state index in [4.69, 9.17) is 5.11 Å². The summed E-state index contributed by atoms with van der Waals surface area (Å²) in [5, 5.41) is 8.84. The molecule has 0 amide bonds. The fourth-order valence-electron chi connectivity index (χ4n) is 1.83. The van der Waals surface area contributed by atoms with Gasteiger partial charge in [-0.15, -0.1) is 11.3 Å². The standard InChI is InChI=1S/C13H10N2O2S/c16-12(17)11-8-15-7-10(18-13(15)14-11)6-9-4-2-1-3-5-9/h1-5,7-8H,6H2,(H,16,17). The van der Waals surface area contributed by atoms with Crippen LogP contribution in [0.25, 0.3) is 4.96 Å². The van der Waals surface area contributed by atoms with Crippen molar-refractivity contribution < 1.29 is 9.90 Å². The monoisotopic (exact) mass is 258 g/mol. The Balaban J connectivity index is 1.90. The summed E-state index contributed by atoms with van der Waals surface area (Å²) in [5.41, 5.74) is 1.33. The molecule has 3 aromatic rings. The first-order valence-electron chi connectivity index (χ1n) is 5.47. The van der Waals surface area contributed by atoms with Gasteiger partial charge in [0.05, 0.1) is 0 Å². The van der Waals surface area contributed by atoms with Crippen LogP contribution < -0.4 is 0 Å². The first kappa shape index (κ1) is 11.0. The third-order valence-electron chi connectivity index (χ3n) is 2.64. The number of hydrogen-bond acceptors (Lipinski definition) is 3. The van der Waals surface area contributed by atoms with Gasteiger partial charge in [-0.2, -0.15) is 0 Å². The van der Waals surface area contributed by atoms with Crippen LogP contribution in [0.2, 0.25) is 0 Å². The van der Waals surface area contributed by atoms with Crippen molar-refractivity contribution in [3.63, 3.8) is 0 Å². The van der Waals surface area contributed by atoms with Gasteiger partial charge in [-0.05, 0) is 5.56 Å². The number of rotatable bonds is 3. The zero-order chi connectivity index (χ0) is 12.5. The molecule has 4 nitrogen and oxygen atoms in total. The van der Waals surface area contributed by atoms with E-state index in [0.29, 0.717) is 0 Å². The predicted molar refractivity (Wildman–Crippen MR) is 69.3 cm³/mol. The van der Waals surface area contributed by atoms with Crippen molar-refractivity contribution >= 4 is 22.3 Å². The Morgan fingerprint density at radius 1 is 1.28 bits per heavy atom. The van der Waals surface area contributed by atoms with Gasteiger partial charge in [0.15, 0.2) is 10.7 Å². The van der Waals surface area contributed by atoms with Crippen LogP contribution in [0.1, 0.15) is 20.9 Å². The average Bonchev–Trinajstić information content (AvgIpc) is 2.88. The molecule has 5 heteroatoms. The second-order valence-corrected chi connectivity index (χ2v) is 5.07. The first-order valence-corrected chi connectivity index (χ1v) is 6.28. The summed E-state index contributed by atoms with van der Waals surface area (Å²) in [4.78, 5) is 16.7. The molecule has 0 aliphatic heterocycles. The summed E-state index contributed by atoms with van der Waals surface area (Å²) in [6.45, 7) is 0. The van der Waals surface area contributed by atoms with E-state index in [-0.39, 0.29) is 5.69 Å². The molecule has 0 spiro atoms. The number of nitrogens with zero attached hydrogens (tertiary/aromatic N) is 2. The summed E-state index contributed by atoms with van der Waals surface area (Å²) in [6, 6.07) is 10.2. The molecule has 0 unspecified atom stereocenters. The van der Waals surface area contributed by atoms with E-state index in [1.807, 2.05) is 24.4 Å². The number of imidazole rings is 1. The number of carboxylic acids is 1. The molecule has 1 aromatic carbocycles. The van der Waals surface area contributed by atoms with Gasteiger partial charge < -0.3 is 5.11 Å². The molecule has 0 radical (unpaired) electrons. The Labute approximate surface area is 107 Å². The number of fused-ring (bicyclic) bond motifs is 1. The molecule has 0 atom stereocenters. The van der Waals surface area contributed by atoms with Gasteiger partial charge in [-0.1, -0.05) is 30.3 Å². The topological polar surface area (TPSA) is 54.6 Å². The summed E-state index contributed by atoms with van der Waals surface area (Å²) in [6.07, 6.45) is 4.33. The molecule has 90 valence electrons. The third-order valence-corrected chi connectivity index (χ3v) is 3.64. The maximum Gasteiger partial charge on any atom is 0.356 e. The third kappa shape index (κ3) is 2.00. The molecule has 2 heterocycles. The summed E-state index contributed by atoms with van der Waals surface area (Å²) < 4.78 is 1.77. The van der Waals surface area contributed by atoms with Gasteiger partial charge in [0.25, 0.3) is 0 Å². The molecule has 0 aliphatic carbocycles. The Morgan fingerprint density at radius 3 is 2.72 bits per heavy atom. The van der Waals surface area contributed by atoms with Crippen LogP contribution in [-0.2, 0) is 6.42 Å². The molecule has 1 N–H and O–H groups in total. The van der Waals surface area contributed by atoms with Gasteiger partial charge >= 0.3 is 5.97 Å². The van der Waals surface area contributed by atoms with Gasteiger partial charge in [-0.3, -0.25) is 4.40 Å². The number of benzene rings is 1. The maximum atomic E-state index is 10.8. The number of carboxylic acid groups (broad SMARTS) is 1. The van der Waals surface area contributed by atoms with Crippen molar-refractivity contribution in [1.82, 2.24) is 9.38 Å². The van der Waals surface area contributed by atoms with E-state index in [2.05, 4.69) is 17.1 Å². The van der Waals surface area contributed by atoms with Crippen LogP contribution in [0.3, 0.4) is 0 Å². The second kappa shape index (κ2) is 4.27. The highest BCUT2D eigenvalue weighted by Gasteiger charge is 2.11. The van der Waals surface area contributed by atoms with E-state index < -0.39 is 5.97 Å². The molecular weight excluding hydrogens is 248 g/mol. The number of thiazole rings is 1. The van der Waals surface area contributed by atoms with Crippen molar-refractivity contribution in [2.24, 2.45) is 0 Å². The van der Waals surface area contributed by atoms with Gasteiger partial charge in [0, 0.05) is 23.7 Å². The molecule has 18 heavy (non-hydrogen) atoms. The van der Waals surface area contributed by atoms with Crippen LogP contribution in [0.4, 0.5) is 0 Å². The van der Waals surface area contributed by atoms with Crippen LogP contribution >= 0.6 is 11.3 Å². The van der Waals surface area contributed by atoms with Gasteiger partial charge in [-0.25, -0.2) is 9.78 Å². The number of carbonyl (C=O) groups is 1. The molecule has 0 bridgehead atoms. The van der Waals surface area contributed by atoms with Crippen molar-refractivity contribution in [1.29, 1.82) is 0 Å². The molecule has 0 saturated carbocycles. The molecule has 3 rings (SSSR count). The molecule has 2 aromatic heterocycles. The summed E-state index contributed by atoms with van der Waals surface area (Å²) in [5.74, 6) is -0.990. The van der Waals surface area contributed by atoms with Crippen molar-refractivity contribution in [2.45, 2.75) is 6.42 Å². The van der Waals surface area contributed by atoms with E-state index >= 15 is 0 Å². The molecule has 0 aliphatic rings. The van der Waals surface area contributed by atoms with Crippen molar-refractivity contribution in [2.75, 3.05) is 0 Å². The zero-order valence-electron chi connectivity index (χ0n) is 9.41. The highest BCUT2D eigenvalue weighted by Crippen LogP contribution is 2.20. The fourth-order valence-corrected chi connectivity index (χ4v) is 2.82. The van der Waals surface area contributed by atoms with Crippen LogP contribution in [-0.4, -0.2) is 20.5 Å². The average molecular weight is 258 g/mol.